The highest BCUT2D eigenvalue weighted by Gasteiger charge is 2.04. The molecule has 0 radical (unpaired) electrons. The molecule has 0 saturated heterocycles. The summed E-state index contributed by atoms with van der Waals surface area (Å²) in [5.41, 5.74) is 3.13. The minimum atomic E-state index is 0.823. The van der Waals surface area contributed by atoms with Crippen LogP contribution in [-0.4, -0.2) is 9.97 Å². The van der Waals surface area contributed by atoms with E-state index in [-0.39, 0.29) is 0 Å². The zero-order valence-electron chi connectivity index (χ0n) is 8.36. The third-order valence-corrected chi connectivity index (χ3v) is 2.13. The molecule has 0 N–H and O–H groups in total. The molecule has 0 aliphatic heterocycles. The molecule has 1 aromatic heterocycles. The quantitative estimate of drug-likeness (QED) is 0.619. The van der Waals surface area contributed by atoms with Crippen molar-refractivity contribution < 1.29 is 0 Å². The van der Waals surface area contributed by atoms with E-state index in [0.29, 0.717) is 0 Å². The minimum Gasteiger partial charge on any atom is -0.238 e. The lowest BCUT2D eigenvalue weighted by Gasteiger charge is -2.06. The summed E-state index contributed by atoms with van der Waals surface area (Å²) >= 11 is 0. The molecule has 70 valence electrons. The highest BCUT2D eigenvalue weighted by Crippen LogP contribution is 2.15. The Morgan fingerprint density at radius 1 is 0.857 bits per heavy atom. The van der Waals surface area contributed by atoms with Crippen molar-refractivity contribution in [3.8, 4) is 0 Å². The van der Waals surface area contributed by atoms with Crippen molar-refractivity contribution in [3.63, 3.8) is 0 Å². The van der Waals surface area contributed by atoms with Gasteiger partial charge in [-0.2, -0.15) is 0 Å². The molecule has 1 aliphatic carbocycles. The summed E-state index contributed by atoms with van der Waals surface area (Å²) in [7, 11) is 0. The second-order valence-electron chi connectivity index (χ2n) is 3.26. The summed E-state index contributed by atoms with van der Waals surface area (Å²) in [6.45, 7) is 3.93. The van der Waals surface area contributed by atoms with Crippen LogP contribution in [0.15, 0.2) is 24.3 Å². The molecule has 0 unspecified atom stereocenters. The van der Waals surface area contributed by atoms with Gasteiger partial charge in [0.2, 0.25) is 0 Å². The van der Waals surface area contributed by atoms with Gasteiger partial charge in [-0.3, -0.25) is 0 Å². The van der Waals surface area contributed by atoms with Crippen LogP contribution in [0.5, 0.6) is 0 Å². The van der Waals surface area contributed by atoms with Crippen molar-refractivity contribution in [2.24, 2.45) is 0 Å². The van der Waals surface area contributed by atoms with Crippen molar-refractivity contribution >= 4 is 12.2 Å². The minimum absolute atomic E-state index is 0.823. The maximum absolute atomic E-state index is 4.39. The maximum atomic E-state index is 4.39. The Kier molecular flexibility index (Phi) is 2.27. The van der Waals surface area contributed by atoms with Crippen LogP contribution in [0, 0.1) is 13.8 Å². The smallest absolute Gasteiger partial charge is 0.126 e. The van der Waals surface area contributed by atoms with E-state index in [1.54, 1.807) is 0 Å². The fourth-order valence-electron chi connectivity index (χ4n) is 1.51. The Balaban J connectivity index is 2.65. The van der Waals surface area contributed by atoms with Gasteiger partial charge >= 0.3 is 0 Å². The molecule has 0 fully saturated rings. The molecule has 1 heterocycles. The third-order valence-electron chi connectivity index (χ3n) is 2.13. The van der Waals surface area contributed by atoms with Gasteiger partial charge in [-0.15, -0.1) is 0 Å². The van der Waals surface area contributed by atoms with E-state index in [4.69, 9.17) is 0 Å². The molecule has 1 aliphatic rings. The van der Waals surface area contributed by atoms with Gasteiger partial charge in [0.15, 0.2) is 0 Å². The SMILES string of the molecule is Cc1nc(C)c2c(n1)C=CC=CC=C2. The summed E-state index contributed by atoms with van der Waals surface area (Å²) in [5.74, 6) is 0.823. The largest absolute Gasteiger partial charge is 0.238 e. The zero-order chi connectivity index (χ0) is 9.97. The first-order chi connectivity index (χ1) is 6.77. The Morgan fingerprint density at radius 3 is 2.36 bits per heavy atom. The lowest BCUT2D eigenvalue weighted by atomic mass is 10.1. The van der Waals surface area contributed by atoms with Crippen molar-refractivity contribution in [1.29, 1.82) is 0 Å². The number of aryl methyl sites for hydroxylation is 2. The maximum Gasteiger partial charge on any atom is 0.126 e. The van der Waals surface area contributed by atoms with Gasteiger partial charge in [-0.05, 0) is 19.9 Å². The van der Waals surface area contributed by atoms with Gasteiger partial charge in [0, 0.05) is 11.3 Å². The van der Waals surface area contributed by atoms with Crippen LogP contribution >= 0.6 is 0 Å². The number of nitrogens with zero attached hydrogens (tertiary/aromatic N) is 2. The number of rotatable bonds is 0. The summed E-state index contributed by atoms with van der Waals surface area (Å²) in [4.78, 5) is 8.73. The number of fused-ring (bicyclic) bond motifs is 1. The first-order valence-corrected chi connectivity index (χ1v) is 4.64. The highest BCUT2D eigenvalue weighted by atomic mass is 14.9. The van der Waals surface area contributed by atoms with Crippen LogP contribution in [0.3, 0.4) is 0 Å². The molecule has 2 rings (SSSR count). The van der Waals surface area contributed by atoms with Gasteiger partial charge in [-0.25, -0.2) is 9.97 Å². The molecule has 1 aromatic rings. The predicted octanol–water partition coefficient (Wildman–Crippen LogP) is 2.69. The van der Waals surface area contributed by atoms with Crippen molar-refractivity contribution in [2.75, 3.05) is 0 Å². The Morgan fingerprint density at radius 2 is 1.57 bits per heavy atom. The Bertz CT molecular complexity index is 440. The molecule has 0 aromatic carbocycles. The van der Waals surface area contributed by atoms with Crippen LogP contribution in [0.4, 0.5) is 0 Å². The van der Waals surface area contributed by atoms with Crippen LogP contribution < -0.4 is 0 Å². The fourth-order valence-corrected chi connectivity index (χ4v) is 1.51. The van der Waals surface area contributed by atoms with Crippen LogP contribution in [0.25, 0.3) is 12.2 Å². The molecule has 0 amide bonds. The Hall–Kier alpha value is -1.70. The normalized spacial score (nSPS) is 13.6. The number of aromatic nitrogens is 2. The average Bonchev–Trinajstić information content (AvgIpc) is 2.07. The van der Waals surface area contributed by atoms with E-state index in [9.17, 15) is 0 Å². The summed E-state index contributed by atoms with van der Waals surface area (Å²) < 4.78 is 0. The lowest BCUT2D eigenvalue weighted by Crippen LogP contribution is -1.99. The second-order valence-corrected chi connectivity index (χ2v) is 3.26. The molecule has 0 spiro atoms. The van der Waals surface area contributed by atoms with Crippen LogP contribution in [0.1, 0.15) is 22.8 Å². The van der Waals surface area contributed by atoms with E-state index in [1.165, 1.54) is 0 Å². The Labute approximate surface area is 83.7 Å². The van der Waals surface area contributed by atoms with E-state index in [0.717, 1.165) is 22.8 Å². The standard InChI is InChI=1S/C12H12N2/c1-9-11-7-5-3-4-6-8-12(11)14-10(2)13-9/h3-8H,1-2H3. The topological polar surface area (TPSA) is 25.8 Å². The van der Waals surface area contributed by atoms with Gasteiger partial charge in [0.25, 0.3) is 0 Å². The number of hydrogen-bond acceptors (Lipinski definition) is 2. The van der Waals surface area contributed by atoms with Crippen molar-refractivity contribution in [2.45, 2.75) is 13.8 Å². The zero-order valence-corrected chi connectivity index (χ0v) is 8.36. The first-order valence-electron chi connectivity index (χ1n) is 4.64. The number of hydrogen-bond donors (Lipinski definition) is 0. The second kappa shape index (κ2) is 3.58. The molecular weight excluding hydrogens is 172 g/mol. The number of allylic oxidation sites excluding steroid dienone is 4. The molecule has 0 atom stereocenters. The molecule has 0 bridgehead atoms. The van der Waals surface area contributed by atoms with E-state index in [2.05, 4.69) is 9.97 Å². The molecule has 0 saturated carbocycles. The van der Waals surface area contributed by atoms with E-state index in [1.807, 2.05) is 50.3 Å². The molecule has 14 heavy (non-hydrogen) atoms. The van der Waals surface area contributed by atoms with Crippen molar-refractivity contribution in [3.05, 3.63) is 47.1 Å². The molecule has 2 heteroatoms. The van der Waals surface area contributed by atoms with Gasteiger partial charge in [-0.1, -0.05) is 30.4 Å². The van der Waals surface area contributed by atoms with Gasteiger partial charge < -0.3 is 0 Å². The summed E-state index contributed by atoms with van der Waals surface area (Å²) in [6, 6.07) is 0. The van der Waals surface area contributed by atoms with Gasteiger partial charge in [0.05, 0.1) is 5.69 Å². The highest BCUT2D eigenvalue weighted by molar-refractivity contribution is 5.66. The molecular formula is C12H12N2. The monoisotopic (exact) mass is 184 g/mol. The van der Waals surface area contributed by atoms with Crippen LogP contribution in [-0.2, 0) is 0 Å². The van der Waals surface area contributed by atoms with E-state index >= 15 is 0 Å². The first kappa shape index (κ1) is 8.88. The average molecular weight is 184 g/mol. The lowest BCUT2D eigenvalue weighted by molar-refractivity contribution is 0.995. The summed E-state index contributed by atoms with van der Waals surface area (Å²) in [6.07, 6.45) is 12.0. The third kappa shape index (κ3) is 1.64. The van der Waals surface area contributed by atoms with E-state index < -0.39 is 0 Å². The van der Waals surface area contributed by atoms with Gasteiger partial charge in [0.1, 0.15) is 5.82 Å². The fraction of sp³-hybridized carbons (Fsp3) is 0.167. The summed E-state index contributed by atoms with van der Waals surface area (Å²) in [5, 5.41) is 0. The molecule has 2 nitrogen and oxygen atoms in total. The van der Waals surface area contributed by atoms with Crippen molar-refractivity contribution in [1.82, 2.24) is 9.97 Å². The predicted molar refractivity (Wildman–Crippen MR) is 58.7 cm³/mol. The van der Waals surface area contributed by atoms with Crippen LogP contribution in [0.2, 0.25) is 0 Å².